The minimum Gasteiger partial charge on any atom is -0.383 e. The second-order valence-corrected chi connectivity index (χ2v) is 5.45. The van der Waals surface area contributed by atoms with Crippen molar-refractivity contribution in [1.29, 1.82) is 0 Å². The zero-order chi connectivity index (χ0) is 14.3. The Morgan fingerprint density at radius 1 is 1.11 bits per heavy atom. The van der Waals surface area contributed by atoms with Crippen molar-refractivity contribution in [2.75, 3.05) is 25.0 Å². The number of benzene rings is 1. The molecule has 0 radical (unpaired) electrons. The molecule has 19 heavy (non-hydrogen) atoms. The van der Waals surface area contributed by atoms with E-state index in [0.29, 0.717) is 5.92 Å². The molecule has 1 atom stereocenters. The van der Waals surface area contributed by atoms with Crippen LogP contribution in [-0.2, 0) is 6.54 Å². The molecule has 0 saturated carbocycles. The van der Waals surface area contributed by atoms with E-state index in [0.717, 1.165) is 31.9 Å². The van der Waals surface area contributed by atoms with E-state index in [2.05, 4.69) is 62.2 Å². The maximum Gasteiger partial charge on any atom is 0.0340 e. The second-order valence-electron chi connectivity index (χ2n) is 5.45. The van der Waals surface area contributed by atoms with Crippen molar-refractivity contribution in [3.05, 3.63) is 29.8 Å². The van der Waals surface area contributed by atoms with Gasteiger partial charge in [-0.3, -0.25) is 4.90 Å². The van der Waals surface area contributed by atoms with Crippen LogP contribution in [-0.4, -0.2) is 30.6 Å². The summed E-state index contributed by atoms with van der Waals surface area (Å²) in [6.07, 6.45) is 0. The van der Waals surface area contributed by atoms with Gasteiger partial charge in [-0.05, 0) is 36.7 Å². The molecular formula is C16H29N3. The van der Waals surface area contributed by atoms with Crippen molar-refractivity contribution >= 4 is 5.69 Å². The number of nitrogens with one attached hydrogen (secondary N) is 1. The topological polar surface area (TPSA) is 41.3 Å². The van der Waals surface area contributed by atoms with Crippen LogP contribution in [0.15, 0.2) is 24.3 Å². The minimum atomic E-state index is 0.204. The summed E-state index contributed by atoms with van der Waals surface area (Å²) >= 11 is 0. The van der Waals surface area contributed by atoms with Crippen molar-refractivity contribution in [2.24, 2.45) is 11.7 Å². The zero-order valence-electron chi connectivity index (χ0n) is 12.8. The van der Waals surface area contributed by atoms with Gasteiger partial charge in [0.2, 0.25) is 0 Å². The third-order valence-corrected chi connectivity index (χ3v) is 3.65. The molecule has 1 aromatic carbocycles. The lowest BCUT2D eigenvalue weighted by Crippen LogP contribution is -2.33. The van der Waals surface area contributed by atoms with Gasteiger partial charge in [0, 0.05) is 24.8 Å². The third-order valence-electron chi connectivity index (χ3n) is 3.65. The number of hydrogen-bond acceptors (Lipinski definition) is 3. The predicted molar refractivity (Wildman–Crippen MR) is 84.4 cm³/mol. The van der Waals surface area contributed by atoms with Crippen LogP contribution in [0.2, 0.25) is 0 Å². The summed E-state index contributed by atoms with van der Waals surface area (Å²) in [7, 11) is 0. The summed E-state index contributed by atoms with van der Waals surface area (Å²) in [5.74, 6) is 0.509. The van der Waals surface area contributed by atoms with Gasteiger partial charge >= 0.3 is 0 Å². The summed E-state index contributed by atoms with van der Waals surface area (Å²) in [6, 6.07) is 8.89. The second kappa shape index (κ2) is 8.18. The Kier molecular flexibility index (Phi) is 6.89. The maximum atomic E-state index is 6.03. The van der Waals surface area contributed by atoms with E-state index in [1.165, 1.54) is 5.56 Å². The van der Waals surface area contributed by atoms with Crippen molar-refractivity contribution in [3.8, 4) is 0 Å². The fourth-order valence-corrected chi connectivity index (χ4v) is 1.90. The van der Waals surface area contributed by atoms with Gasteiger partial charge in [-0.1, -0.05) is 39.8 Å². The van der Waals surface area contributed by atoms with E-state index >= 15 is 0 Å². The Morgan fingerprint density at radius 3 is 2.16 bits per heavy atom. The standard InChI is InChI=1S/C16H29N3/c1-5-19(6-2)12-14-7-9-15(10-8-14)18-11-16(17)13(3)4/h7-10,13,16,18H,5-6,11-12,17H2,1-4H3. The van der Waals surface area contributed by atoms with Crippen LogP contribution in [0.3, 0.4) is 0 Å². The number of rotatable bonds is 8. The van der Waals surface area contributed by atoms with Crippen LogP contribution in [0.5, 0.6) is 0 Å². The molecule has 0 aliphatic carbocycles. The molecule has 1 unspecified atom stereocenters. The molecule has 3 heteroatoms. The summed E-state index contributed by atoms with van der Waals surface area (Å²) < 4.78 is 0. The highest BCUT2D eigenvalue weighted by molar-refractivity contribution is 5.44. The molecule has 0 amide bonds. The molecule has 108 valence electrons. The van der Waals surface area contributed by atoms with E-state index in [1.54, 1.807) is 0 Å². The van der Waals surface area contributed by atoms with Gasteiger partial charge in [0.1, 0.15) is 0 Å². The van der Waals surface area contributed by atoms with E-state index < -0.39 is 0 Å². The lowest BCUT2D eigenvalue weighted by atomic mass is 10.1. The normalized spacial score (nSPS) is 13.0. The van der Waals surface area contributed by atoms with Crippen LogP contribution in [0.1, 0.15) is 33.3 Å². The Labute approximate surface area is 118 Å². The van der Waals surface area contributed by atoms with Crippen LogP contribution in [0, 0.1) is 5.92 Å². The number of anilines is 1. The molecule has 3 N–H and O–H groups in total. The fourth-order valence-electron chi connectivity index (χ4n) is 1.90. The summed E-state index contributed by atoms with van der Waals surface area (Å²) in [5.41, 5.74) is 8.54. The Bertz CT molecular complexity index is 342. The van der Waals surface area contributed by atoms with Gasteiger partial charge in [0.15, 0.2) is 0 Å². The maximum absolute atomic E-state index is 6.03. The van der Waals surface area contributed by atoms with Crippen molar-refractivity contribution in [3.63, 3.8) is 0 Å². The lowest BCUT2D eigenvalue weighted by molar-refractivity contribution is 0.296. The fraction of sp³-hybridized carbons (Fsp3) is 0.625. The van der Waals surface area contributed by atoms with Gasteiger partial charge in [-0.15, -0.1) is 0 Å². The lowest BCUT2D eigenvalue weighted by Gasteiger charge is -2.19. The van der Waals surface area contributed by atoms with Gasteiger partial charge in [0.05, 0.1) is 0 Å². The monoisotopic (exact) mass is 263 g/mol. The molecule has 0 aromatic heterocycles. The first-order chi connectivity index (χ1) is 9.06. The average molecular weight is 263 g/mol. The summed E-state index contributed by atoms with van der Waals surface area (Å²) in [5, 5.41) is 3.40. The minimum absolute atomic E-state index is 0.204. The number of hydrogen-bond donors (Lipinski definition) is 2. The molecule has 0 saturated heterocycles. The highest BCUT2D eigenvalue weighted by Crippen LogP contribution is 2.12. The Hall–Kier alpha value is -1.06. The molecule has 0 fully saturated rings. The predicted octanol–water partition coefficient (Wildman–Crippen LogP) is 2.92. The van der Waals surface area contributed by atoms with Gasteiger partial charge < -0.3 is 11.1 Å². The Morgan fingerprint density at radius 2 is 1.68 bits per heavy atom. The Balaban J connectivity index is 2.47. The van der Waals surface area contributed by atoms with Gasteiger partial charge in [-0.2, -0.15) is 0 Å². The van der Waals surface area contributed by atoms with E-state index in [1.807, 2.05) is 0 Å². The smallest absolute Gasteiger partial charge is 0.0340 e. The quantitative estimate of drug-likeness (QED) is 0.757. The highest BCUT2D eigenvalue weighted by atomic mass is 15.1. The van der Waals surface area contributed by atoms with Crippen LogP contribution in [0.4, 0.5) is 5.69 Å². The molecule has 0 aliphatic rings. The van der Waals surface area contributed by atoms with Crippen molar-refractivity contribution in [1.82, 2.24) is 4.90 Å². The average Bonchev–Trinajstić information content (AvgIpc) is 2.43. The van der Waals surface area contributed by atoms with Crippen molar-refractivity contribution in [2.45, 2.75) is 40.3 Å². The first kappa shape index (κ1) is 16.0. The first-order valence-electron chi connectivity index (χ1n) is 7.37. The van der Waals surface area contributed by atoms with Gasteiger partial charge in [0.25, 0.3) is 0 Å². The molecule has 0 aliphatic heterocycles. The molecule has 0 bridgehead atoms. The highest BCUT2D eigenvalue weighted by Gasteiger charge is 2.06. The van der Waals surface area contributed by atoms with E-state index in [4.69, 9.17) is 5.73 Å². The number of nitrogens with two attached hydrogens (primary N) is 1. The summed E-state index contributed by atoms with van der Waals surface area (Å²) in [4.78, 5) is 2.41. The third kappa shape index (κ3) is 5.62. The van der Waals surface area contributed by atoms with E-state index in [9.17, 15) is 0 Å². The van der Waals surface area contributed by atoms with E-state index in [-0.39, 0.29) is 6.04 Å². The van der Waals surface area contributed by atoms with Crippen LogP contribution in [0.25, 0.3) is 0 Å². The largest absolute Gasteiger partial charge is 0.383 e. The molecule has 1 rings (SSSR count). The molecule has 3 nitrogen and oxygen atoms in total. The molecule has 0 heterocycles. The molecule has 1 aromatic rings. The van der Waals surface area contributed by atoms with Crippen LogP contribution < -0.4 is 11.1 Å². The molecule has 0 spiro atoms. The summed E-state index contributed by atoms with van der Waals surface area (Å²) in [6.45, 7) is 12.8. The van der Waals surface area contributed by atoms with Crippen molar-refractivity contribution < 1.29 is 0 Å². The number of nitrogens with zero attached hydrogens (tertiary/aromatic N) is 1. The van der Waals surface area contributed by atoms with Gasteiger partial charge in [-0.25, -0.2) is 0 Å². The SMILES string of the molecule is CCN(CC)Cc1ccc(NCC(N)C(C)C)cc1. The zero-order valence-corrected chi connectivity index (χ0v) is 12.8. The first-order valence-corrected chi connectivity index (χ1v) is 7.37. The molecular weight excluding hydrogens is 234 g/mol. The van der Waals surface area contributed by atoms with Crippen LogP contribution >= 0.6 is 0 Å².